The molecule has 1 saturated heterocycles. The van der Waals surface area contributed by atoms with Crippen LogP contribution in [0.15, 0.2) is 84.9 Å². The van der Waals surface area contributed by atoms with Crippen LogP contribution in [-0.4, -0.2) is 46.6 Å². The lowest BCUT2D eigenvalue weighted by atomic mass is 10.0. The normalized spacial score (nSPS) is 15.6. The zero-order valence-electron chi connectivity index (χ0n) is 20.4. The molecule has 1 heterocycles. The molecule has 8 heteroatoms. The van der Waals surface area contributed by atoms with Gasteiger partial charge in [0.25, 0.3) is 0 Å². The number of rotatable bonds is 10. The summed E-state index contributed by atoms with van der Waals surface area (Å²) in [5, 5.41) is 12.3. The minimum absolute atomic E-state index is 0.102. The highest BCUT2D eigenvalue weighted by Gasteiger charge is 2.36. The van der Waals surface area contributed by atoms with Crippen molar-refractivity contribution >= 4 is 18.0 Å². The maximum atomic E-state index is 13.0. The molecule has 0 radical (unpaired) electrons. The standard InChI is InChI=1S/C29H30N2O6/c32-27(26-12-7-17-31(26)29(35)37-20-23-10-5-2-6-11-23)30-25(28(33)34)18-21-13-15-24(16-14-21)36-19-22-8-3-1-4-9-22/h1-6,8-11,13-16,25-26H,7,12,17-20H2,(H,30,32)(H,33,34)/t25-,26-/m1/s1. The Hall–Kier alpha value is -4.33. The number of benzene rings is 3. The Balaban J connectivity index is 1.30. The average molecular weight is 503 g/mol. The van der Waals surface area contributed by atoms with Crippen molar-refractivity contribution in [1.82, 2.24) is 10.2 Å². The molecule has 8 nitrogen and oxygen atoms in total. The Kier molecular flexibility index (Phi) is 8.75. The van der Waals surface area contributed by atoms with Crippen LogP contribution in [0.5, 0.6) is 5.75 Å². The van der Waals surface area contributed by atoms with Crippen LogP contribution in [0.1, 0.15) is 29.5 Å². The van der Waals surface area contributed by atoms with Gasteiger partial charge < -0.3 is 19.9 Å². The predicted octanol–water partition coefficient (Wildman–Crippen LogP) is 4.18. The number of carboxylic acid groups (broad SMARTS) is 1. The van der Waals surface area contributed by atoms with Gasteiger partial charge >= 0.3 is 12.1 Å². The summed E-state index contributed by atoms with van der Waals surface area (Å²) < 4.78 is 11.2. The van der Waals surface area contributed by atoms with Gasteiger partial charge in [0.2, 0.25) is 5.91 Å². The first-order valence-electron chi connectivity index (χ1n) is 12.3. The third-order valence-electron chi connectivity index (χ3n) is 6.22. The minimum atomic E-state index is -1.14. The quantitative estimate of drug-likeness (QED) is 0.431. The van der Waals surface area contributed by atoms with Crippen LogP contribution in [-0.2, 0) is 34.0 Å². The molecular formula is C29H30N2O6. The number of likely N-dealkylation sites (tertiary alicyclic amines) is 1. The first-order chi connectivity index (χ1) is 18.0. The zero-order chi connectivity index (χ0) is 26.0. The summed E-state index contributed by atoms with van der Waals surface area (Å²) in [6.07, 6.45) is 0.609. The molecule has 0 saturated carbocycles. The van der Waals surface area contributed by atoms with E-state index in [-0.39, 0.29) is 13.0 Å². The van der Waals surface area contributed by atoms with Crippen LogP contribution < -0.4 is 10.1 Å². The molecule has 0 aromatic heterocycles. The molecule has 1 aliphatic heterocycles. The Morgan fingerprint density at radius 2 is 1.49 bits per heavy atom. The number of hydrogen-bond donors (Lipinski definition) is 2. The van der Waals surface area contributed by atoms with Crippen LogP contribution >= 0.6 is 0 Å². The molecule has 1 aliphatic rings. The Morgan fingerprint density at radius 3 is 2.11 bits per heavy atom. The second kappa shape index (κ2) is 12.6. The molecule has 2 N–H and O–H groups in total. The Bertz CT molecular complexity index is 1180. The molecule has 0 aliphatic carbocycles. The van der Waals surface area contributed by atoms with E-state index in [1.165, 1.54) is 4.90 Å². The van der Waals surface area contributed by atoms with Crippen molar-refractivity contribution in [1.29, 1.82) is 0 Å². The number of ether oxygens (including phenoxy) is 2. The maximum Gasteiger partial charge on any atom is 0.410 e. The van der Waals surface area contributed by atoms with Crippen molar-refractivity contribution in [3.05, 3.63) is 102 Å². The number of nitrogens with zero attached hydrogens (tertiary/aromatic N) is 1. The topological polar surface area (TPSA) is 105 Å². The highest BCUT2D eigenvalue weighted by atomic mass is 16.6. The van der Waals surface area contributed by atoms with Gasteiger partial charge in [-0.15, -0.1) is 0 Å². The third kappa shape index (κ3) is 7.33. The van der Waals surface area contributed by atoms with E-state index in [0.717, 1.165) is 16.7 Å². The van der Waals surface area contributed by atoms with Gasteiger partial charge in [0, 0.05) is 13.0 Å². The molecule has 0 spiro atoms. The number of aliphatic carboxylic acids is 1. The number of amides is 2. The highest BCUT2D eigenvalue weighted by molar-refractivity contribution is 5.89. The van der Waals surface area contributed by atoms with Gasteiger partial charge in [0.05, 0.1) is 0 Å². The second-order valence-corrected chi connectivity index (χ2v) is 8.91. The molecule has 37 heavy (non-hydrogen) atoms. The van der Waals surface area contributed by atoms with Gasteiger partial charge in [-0.25, -0.2) is 9.59 Å². The fourth-order valence-corrected chi connectivity index (χ4v) is 4.23. The van der Waals surface area contributed by atoms with E-state index in [2.05, 4.69) is 5.32 Å². The first-order valence-corrected chi connectivity index (χ1v) is 12.3. The molecule has 3 aromatic carbocycles. The summed E-state index contributed by atoms with van der Waals surface area (Å²) in [5.41, 5.74) is 2.63. The largest absolute Gasteiger partial charge is 0.489 e. The van der Waals surface area contributed by atoms with Crippen molar-refractivity contribution < 1.29 is 29.0 Å². The van der Waals surface area contributed by atoms with Crippen molar-refractivity contribution in [2.24, 2.45) is 0 Å². The lowest BCUT2D eigenvalue weighted by Crippen LogP contribution is -2.51. The van der Waals surface area contributed by atoms with E-state index >= 15 is 0 Å². The van der Waals surface area contributed by atoms with Crippen LogP contribution in [0.3, 0.4) is 0 Å². The lowest BCUT2D eigenvalue weighted by molar-refractivity contribution is -0.142. The predicted molar refractivity (Wildman–Crippen MR) is 137 cm³/mol. The van der Waals surface area contributed by atoms with Crippen molar-refractivity contribution in [3.8, 4) is 5.75 Å². The number of nitrogens with one attached hydrogen (secondary N) is 1. The number of carbonyl (C=O) groups is 3. The molecule has 3 aromatic rings. The molecule has 1 fully saturated rings. The van der Waals surface area contributed by atoms with E-state index in [1.807, 2.05) is 60.7 Å². The average Bonchev–Trinajstić information content (AvgIpc) is 3.42. The molecule has 2 atom stereocenters. The summed E-state index contributed by atoms with van der Waals surface area (Å²) in [6, 6.07) is 24.3. The van der Waals surface area contributed by atoms with Crippen LogP contribution in [0.2, 0.25) is 0 Å². The Morgan fingerprint density at radius 1 is 0.865 bits per heavy atom. The van der Waals surface area contributed by atoms with Crippen LogP contribution in [0.25, 0.3) is 0 Å². The minimum Gasteiger partial charge on any atom is -0.489 e. The lowest BCUT2D eigenvalue weighted by Gasteiger charge is -2.25. The summed E-state index contributed by atoms with van der Waals surface area (Å²) >= 11 is 0. The van der Waals surface area contributed by atoms with E-state index in [0.29, 0.717) is 31.7 Å². The molecule has 4 rings (SSSR count). The molecule has 192 valence electrons. The fourth-order valence-electron chi connectivity index (χ4n) is 4.23. The summed E-state index contributed by atoms with van der Waals surface area (Å²) in [7, 11) is 0. The number of hydrogen-bond acceptors (Lipinski definition) is 5. The monoisotopic (exact) mass is 502 g/mol. The molecule has 0 unspecified atom stereocenters. The van der Waals surface area contributed by atoms with E-state index in [9.17, 15) is 19.5 Å². The summed E-state index contributed by atoms with van der Waals surface area (Å²) in [6.45, 7) is 0.918. The van der Waals surface area contributed by atoms with Crippen molar-refractivity contribution in [3.63, 3.8) is 0 Å². The summed E-state index contributed by atoms with van der Waals surface area (Å²) in [4.78, 5) is 38.9. The third-order valence-corrected chi connectivity index (χ3v) is 6.22. The van der Waals surface area contributed by atoms with Gasteiger partial charge in [-0.3, -0.25) is 9.69 Å². The SMILES string of the molecule is O=C(N[C@H](Cc1ccc(OCc2ccccc2)cc1)C(=O)O)[C@H]1CCCN1C(=O)OCc1ccccc1. The molecular weight excluding hydrogens is 472 g/mol. The van der Waals surface area contributed by atoms with Gasteiger partial charge in [-0.2, -0.15) is 0 Å². The highest BCUT2D eigenvalue weighted by Crippen LogP contribution is 2.20. The first kappa shape index (κ1) is 25.8. The molecule has 0 bridgehead atoms. The van der Waals surface area contributed by atoms with Crippen LogP contribution in [0.4, 0.5) is 4.79 Å². The number of carboxylic acids is 1. The fraction of sp³-hybridized carbons (Fsp3) is 0.276. The number of carbonyl (C=O) groups excluding carboxylic acids is 2. The van der Waals surface area contributed by atoms with Crippen molar-refractivity contribution in [2.45, 2.75) is 44.6 Å². The summed E-state index contributed by atoms with van der Waals surface area (Å²) in [5.74, 6) is -0.975. The Labute approximate surface area is 215 Å². The molecule has 2 amide bonds. The van der Waals surface area contributed by atoms with Gasteiger partial charge in [0.15, 0.2) is 0 Å². The smallest absolute Gasteiger partial charge is 0.410 e. The van der Waals surface area contributed by atoms with E-state index in [1.54, 1.807) is 24.3 Å². The van der Waals surface area contributed by atoms with Gasteiger partial charge in [-0.1, -0.05) is 72.8 Å². The van der Waals surface area contributed by atoms with Gasteiger partial charge in [-0.05, 0) is 41.7 Å². The van der Waals surface area contributed by atoms with Gasteiger partial charge in [0.1, 0.15) is 31.0 Å². The zero-order valence-corrected chi connectivity index (χ0v) is 20.4. The van der Waals surface area contributed by atoms with E-state index in [4.69, 9.17) is 9.47 Å². The second-order valence-electron chi connectivity index (χ2n) is 8.91. The van der Waals surface area contributed by atoms with E-state index < -0.39 is 30.1 Å². The van der Waals surface area contributed by atoms with Crippen molar-refractivity contribution in [2.75, 3.05) is 6.54 Å². The maximum absolute atomic E-state index is 13.0. The van der Waals surface area contributed by atoms with Crippen LogP contribution in [0, 0.1) is 0 Å².